The van der Waals surface area contributed by atoms with Gasteiger partial charge >= 0.3 is 0 Å². The van der Waals surface area contributed by atoms with E-state index >= 15 is 0 Å². The molecule has 0 spiro atoms. The van der Waals surface area contributed by atoms with Crippen LogP contribution in [-0.4, -0.2) is 5.33 Å². The summed E-state index contributed by atoms with van der Waals surface area (Å²) >= 11 is 8.98. The van der Waals surface area contributed by atoms with Crippen LogP contribution >= 0.6 is 27.5 Å². The zero-order valence-corrected chi connectivity index (χ0v) is 11.1. The Morgan fingerprint density at radius 3 is 2.40 bits per heavy atom. The summed E-state index contributed by atoms with van der Waals surface area (Å²) in [4.78, 5) is 0. The van der Waals surface area contributed by atoms with Crippen molar-refractivity contribution in [2.75, 3.05) is 5.33 Å². The molecule has 0 heterocycles. The molecular weight excluding hydrogens is 278 g/mol. The van der Waals surface area contributed by atoms with Crippen LogP contribution in [0.1, 0.15) is 19.4 Å². The Labute approximate surface area is 103 Å². The molecule has 3 heteroatoms. The molecule has 0 saturated heterocycles. The Kier molecular flexibility index (Phi) is 4.35. The highest BCUT2D eigenvalue weighted by atomic mass is 79.9. The standard InChI is InChI=1S/C12H13BrClF/c1-12(2,11(15)7-8-13)9-3-5-10(14)6-4-9/h3-7H,8H2,1-2H3. The Morgan fingerprint density at radius 1 is 1.40 bits per heavy atom. The molecule has 82 valence electrons. The maximum absolute atomic E-state index is 13.8. The molecular formula is C12H13BrClF. The molecule has 0 nitrogen and oxygen atoms in total. The van der Waals surface area contributed by atoms with Crippen molar-refractivity contribution in [3.63, 3.8) is 0 Å². The quantitative estimate of drug-likeness (QED) is 0.697. The van der Waals surface area contributed by atoms with Gasteiger partial charge in [-0.3, -0.25) is 0 Å². The van der Waals surface area contributed by atoms with Crippen molar-refractivity contribution in [2.24, 2.45) is 0 Å². The summed E-state index contributed by atoms with van der Waals surface area (Å²) in [5, 5.41) is 1.19. The Bertz CT molecular complexity index is 354. The highest BCUT2D eigenvalue weighted by molar-refractivity contribution is 9.09. The average Bonchev–Trinajstić information content (AvgIpc) is 2.18. The zero-order chi connectivity index (χ0) is 11.5. The first-order valence-electron chi connectivity index (χ1n) is 4.66. The predicted octanol–water partition coefficient (Wildman–Crippen LogP) is 4.87. The maximum atomic E-state index is 13.8. The van der Waals surface area contributed by atoms with Crippen molar-refractivity contribution in [1.82, 2.24) is 0 Å². The molecule has 1 rings (SSSR count). The number of alkyl halides is 1. The van der Waals surface area contributed by atoms with Crippen molar-refractivity contribution in [1.29, 1.82) is 0 Å². The molecule has 0 unspecified atom stereocenters. The molecule has 0 radical (unpaired) electrons. The average molecular weight is 292 g/mol. The van der Waals surface area contributed by atoms with Crippen LogP contribution < -0.4 is 0 Å². The first kappa shape index (κ1) is 12.7. The fraction of sp³-hybridized carbons (Fsp3) is 0.333. The first-order chi connectivity index (χ1) is 6.98. The fourth-order valence-corrected chi connectivity index (χ4v) is 1.74. The van der Waals surface area contributed by atoms with Crippen LogP contribution in [0.5, 0.6) is 0 Å². The number of halogens is 3. The van der Waals surface area contributed by atoms with Crippen LogP contribution in [-0.2, 0) is 5.41 Å². The third kappa shape index (κ3) is 3.05. The summed E-state index contributed by atoms with van der Waals surface area (Å²) in [5.74, 6) is -0.137. The van der Waals surface area contributed by atoms with Crippen LogP contribution in [0.4, 0.5) is 4.39 Å². The number of hydrogen-bond acceptors (Lipinski definition) is 0. The van der Waals surface area contributed by atoms with E-state index < -0.39 is 5.41 Å². The molecule has 0 aliphatic carbocycles. The summed E-state index contributed by atoms with van der Waals surface area (Å²) in [7, 11) is 0. The predicted molar refractivity (Wildman–Crippen MR) is 67.5 cm³/mol. The Morgan fingerprint density at radius 2 is 1.93 bits per heavy atom. The van der Waals surface area contributed by atoms with Crippen molar-refractivity contribution in [3.8, 4) is 0 Å². The maximum Gasteiger partial charge on any atom is 0.107 e. The third-order valence-corrected chi connectivity index (χ3v) is 3.00. The van der Waals surface area contributed by atoms with Gasteiger partial charge in [0.25, 0.3) is 0 Å². The van der Waals surface area contributed by atoms with E-state index in [1.54, 1.807) is 12.1 Å². The lowest BCUT2D eigenvalue weighted by Gasteiger charge is -2.23. The molecule has 0 saturated carbocycles. The molecule has 0 aliphatic rings. The van der Waals surface area contributed by atoms with Crippen molar-refractivity contribution >= 4 is 27.5 Å². The number of benzene rings is 1. The molecule has 0 atom stereocenters. The number of allylic oxidation sites excluding steroid dienone is 2. The highest BCUT2D eigenvalue weighted by Gasteiger charge is 2.25. The fourth-order valence-electron chi connectivity index (χ4n) is 1.33. The minimum atomic E-state index is -0.599. The smallest absolute Gasteiger partial charge is 0.107 e. The lowest BCUT2D eigenvalue weighted by Crippen LogP contribution is -2.18. The van der Waals surface area contributed by atoms with E-state index in [0.29, 0.717) is 10.4 Å². The van der Waals surface area contributed by atoms with E-state index in [-0.39, 0.29) is 5.83 Å². The molecule has 0 amide bonds. The lowest BCUT2D eigenvalue weighted by molar-refractivity contribution is 0.456. The summed E-state index contributed by atoms with van der Waals surface area (Å²) in [6.45, 7) is 3.70. The van der Waals surface area contributed by atoms with E-state index in [4.69, 9.17) is 11.6 Å². The van der Waals surface area contributed by atoms with Crippen molar-refractivity contribution in [2.45, 2.75) is 19.3 Å². The summed E-state index contributed by atoms with van der Waals surface area (Å²) in [5.41, 5.74) is 0.319. The van der Waals surface area contributed by atoms with Gasteiger partial charge in [-0.25, -0.2) is 4.39 Å². The van der Waals surface area contributed by atoms with E-state index in [2.05, 4.69) is 15.9 Å². The van der Waals surface area contributed by atoms with E-state index in [0.717, 1.165) is 5.56 Å². The van der Waals surface area contributed by atoms with Gasteiger partial charge in [0.05, 0.1) is 0 Å². The van der Waals surface area contributed by atoms with E-state index in [9.17, 15) is 4.39 Å². The normalized spacial score (nSPS) is 13.0. The van der Waals surface area contributed by atoms with Gasteiger partial charge in [-0.1, -0.05) is 39.7 Å². The summed E-state index contributed by atoms with van der Waals surface area (Å²) in [6, 6.07) is 7.26. The third-order valence-electron chi connectivity index (χ3n) is 2.42. The van der Waals surface area contributed by atoms with Gasteiger partial charge in [-0.15, -0.1) is 0 Å². The monoisotopic (exact) mass is 290 g/mol. The van der Waals surface area contributed by atoms with Crippen LogP contribution in [0.2, 0.25) is 5.02 Å². The van der Waals surface area contributed by atoms with Gasteiger partial charge in [0.1, 0.15) is 5.83 Å². The topological polar surface area (TPSA) is 0 Å². The highest BCUT2D eigenvalue weighted by Crippen LogP contribution is 2.32. The molecule has 0 aliphatic heterocycles. The summed E-state index contributed by atoms with van der Waals surface area (Å²) < 4.78 is 13.8. The lowest BCUT2D eigenvalue weighted by atomic mass is 9.83. The molecule has 1 aromatic rings. The van der Waals surface area contributed by atoms with Crippen molar-refractivity contribution < 1.29 is 4.39 Å². The molecule has 0 N–H and O–H groups in total. The molecule has 0 bridgehead atoms. The van der Waals surface area contributed by atoms with Crippen LogP contribution in [0.15, 0.2) is 36.2 Å². The second-order valence-corrected chi connectivity index (χ2v) is 4.92. The molecule has 0 aromatic heterocycles. The summed E-state index contributed by atoms with van der Waals surface area (Å²) in [6.07, 6.45) is 1.54. The SMILES string of the molecule is CC(C)(C(F)=CCBr)c1ccc(Cl)cc1. The van der Waals surface area contributed by atoms with Crippen molar-refractivity contribution in [3.05, 3.63) is 46.8 Å². The van der Waals surface area contributed by atoms with E-state index in [1.165, 1.54) is 6.08 Å². The zero-order valence-electron chi connectivity index (χ0n) is 8.73. The van der Waals surface area contributed by atoms with Crippen LogP contribution in [0.3, 0.4) is 0 Å². The molecule has 0 fully saturated rings. The van der Waals surface area contributed by atoms with Gasteiger partial charge in [-0.05, 0) is 37.6 Å². The molecule has 15 heavy (non-hydrogen) atoms. The minimum absolute atomic E-state index is 0.137. The van der Waals surface area contributed by atoms with Gasteiger partial charge in [-0.2, -0.15) is 0 Å². The number of hydrogen-bond donors (Lipinski definition) is 0. The van der Waals surface area contributed by atoms with Crippen LogP contribution in [0.25, 0.3) is 0 Å². The Balaban J connectivity index is 3.05. The molecule has 1 aromatic carbocycles. The van der Waals surface area contributed by atoms with Gasteiger partial charge in [0.2, 0.25) is 0 Å². The largest absolute Gasteiger partial charge is 0.211 e. The number of rotatable bonds is 3. The second kappa shape index (κ2) is 5.13. The second-order valence-electron chi connectivity index (χ2n) is 3.84. The van der Waals surface area contributed by atoms with E-state index in [1.807, 2.05) is 26.0 Å². The van der Waals surface area contributed by atoms with Gasteiger partial charge in [0, 0.05) is 15.8 Å². The van der Waals surface area contributed by atoms with Crippen LogP contribution in [0, 0.1) is 0 Å². The first-order valence-corrected chi connectivity index (χ1v) is 6.16. The Hall–Kier alpha value is -0.340. The van der Waals surface area contributed by atoms with Gasteiger partial charge in [0.15, 0.2) is 0 Å². The van der Waals surface area contributed by atoms with Gasteiger partial charge < -0.3 is 0 Å². The minimum Gasteiger partial charge on any atom is -0.211 e.